The van der Waals surface area contributed by atoms with E-state index in [2.05, 4.69) is 49.6 Å². The molecule has 60 valence electrons. The Morgan fingerprint density at radius 2 is 1.91 bits per heavy atom. The second-order valence-corrected chi connectivity index (χ2v) is 2.96. The first-order valence-electron chi connectivity index (χ1n) is 4.17. The summed E-state index contributed by atoms with van der Waals surface area (Å²) >= 11 is 0. The van der Waals surface area contributed by atoms with Crippen molar-refractivity contribution in [3.8, 4) is 0 Å². The molecule has 0 unspecified atom stereocenters. The van der Waals surface area contributed by atoms with Gasteiger partial charge in [-0.05, 0) is 5.56 Å². The normalized spacial score (nSPS) is 12.9. The first-order valence-corrected chi connectivity index (χ1v) is 4.17. The van der Waals surface area contributed by atoms with Gasteiger partial charge in [0, 0.05) is 5.92 Å². The number of quaternary nitrogens is 1. The number of rotatable bonds is 3. The molecule has 0 aliphatic carbocycles. The van der Waals surface area contributed by atoms with Gasteiger partial charge in [-0.25, -0.2) is 0 Å². The van der Waals surface area contributed by atoms with Crippen molar-refractivity contribution in [3.05, 3.63) is 35.9 Å². The van der Waals surface area contributed by atoms with E-state index in [9.17, 15) is 0 Å². The lowest BCUT2D eigenvalue weighted by molar-refractivity contribution is -0.629. The van der Waals surface area contributed by atoms with Gasteiger partial charge >= 0.3 is 0 Å². The number of nitrogens with two attached hydrogens (primary N) is 1. The van der Waals surface area contributed by atoms with E-state index in [0.29, 0.717) is 5.92 Å². The molecule has 0 heterocycles. The number of benzene rings is 1. The van der Waals surface area contributed by atoms with Crippen LogP contribution in [-0.4, -0.2) is 13.6 Å². The second kappa shape index (κ2) is 4.14. The molecule has 0 bridgehead atoms. The standard InChI is InChI=1S/C10H15N/c1-9(8-11-2)10-6-4-3-5-7-10/h3-7,9,11H,8H2,1-2H3/p+1/t9-/m0/s1. The van der Waals surface area contributed by atoms with E-state index < -0.39 is 0 Å². The van der Waals surface area contributed by atoms with Crippen molar-refractivity contribution in [2.45, 2.75) is 12.8 Å². The monoisotopic (exact) mass is 150 g/mol. The zero-order valence-corrected chi connectivity index (χ0v) is 7.25. The highest BCUT2D eigenvalue weighted by atomic mass is 14.8. The Morgan fingerprint density at radius 1 is 1.27 bits per heavy atom. The molecule has 1 rings (SSSR count). The van der Waals surface area contributed by atoms with Crippen molar-refractivity contribution in [1.29, 1.82) is 0 Å². The minimum atomic E-state index is 0.668. The average molecular weight is 150 g/mol. The summed E-state index contributed by atoms with van der Waals surface area (Å²) in [5.74, 6) is 0.668. The van der Waals surface area contributed by atoms with Gasteiger partial charge in [-0.15, -0.1) is 0 Å². The molecule has 1 aromatic rings. The molecule has 0 fully saturated rings. The summed E-state index contributed by atoms with van der Waals surface area (Å²) in [6.07, 6.45) is 0. The SMILES string of the molecule is C[NH2+]C[C@H](C)c1ccccc1. The Morgan fingerprint density at radius 3 is 2.45 bits per heavy atom. The van der Waals surface area contributed by atoms with Crippen LogP contribution in [0.1, 0.15) is 18.4 Å². The van der Waals surface area contributed by atoms with E-state index in [1.54, 1.807) is 0 Å². The van der Waals surface area contributed by atoms with E-state index in [1.807, 2.05) is 0 Å². The van der Waals surface area contributed by atoms with Crippen LogP contribution in [0.15, 0.2) is 30.3 Å². The highest BCUT2D eigenvalue weighted by molar-refractivity contribution is 5.18. The maximum absolute atomic E-state index is 2.26. The summed E-state index contributed by atoms with van der Waals surface area (Å²) < 4.78 is 0. The predicted octanol–water partition coefficient (Wildman–Crippen LogP) is 0.983. The van der Waals surface area contributed by atoms with Gasteiger partial charge in [0.25, 0.3) is 0 Å². The van der Waals surface area contributed by atoms with E-state index in [4.69, 9.17) is 0 Å². The summed E-state index contributed by atoms with van der Waals surface area (Å²) in [6, 6.07) is 10.6. The maximum atomic E-state index is 2.26. The van der Waals surface area contributed by atoms with Gasteiger partial charge in [0.2, 0.25) is 0 Å². The lowest BCUT2D eigenvalue weighted by Gasteiger charge is -2.07. The van der Waals surface area contributed by atoms with E-state index in [-0.39, 0.29) is 0 Å². The Bertz CT molecular complexity index is 193. The third-order valence-electron chi connectivity index (χ3n) is 1.96. The fourth-order valence-corrected chi connectivity index (χ4v) is 1.27. The fourth-order valence-electron chi connectivity index (χ4n) is 1.27. The van der Waals surface area contributed by atoms with Crippen LogP contribution in [0.3, 0.4) is 0 Å². The van der Waals surface area contributed by atoms with Crippen LogP contribution < -0.4 is 5.32 Å². The molecule has 0 saturated heterocycles. The third-order valence-corrected chi connectivity index (χ3v) is 1.96. The van der Waals surface area contributed by atoms with Gasteiger partial charge in [0.15, 0.2) is 0 Å². The van der Waals surface area contributed by atoms with E-state index >= 15 is 0 Å². The highest BCUT2D eigenvalue weighted by Gasteiger charge is 2.03. The second-order valence-electron chi connectivity index (χ2n) is 2.96. The van der Waals surface area contributed by atoms with Crippen molar-refractivity contribution < 1.29 is 5.32 Å². The van der Waals surface area contributed by atoms with Crippen molar-refractivity contribution in [3.63, 3.8) is 0 Å². The molecule has 1 heteroatoms. The zero-order valence-electron chi connectivity index (χ0n) is 7.25. The Balaban J connectivity index is 2.61. The molecule has 0 aliphatic rings. The molecule has 1 nitrogen and oxygen atoms in total. The van der Waals surface area contributed by atoms with Crippen molar-refractivity contribution >= 4 is 0 Å². The maximum Gasteiger partial charge on any atom is 0.0820 e. The number of hydrogen-bond donors (Lipinski definition) is 1. The molecular weight excluding hydrogens is 134 g/mol. The van der Waals surface area contributed by atoms with Crippen molar-refractivity contribution in [2.24, 2.45) is 0 Å². The molecule has 0 aliphatic heterocycles. The van der Waals surface area contributed by atoms with Crippen LogP contribution in [0.2, 0.25) is 0 Å². The molecule has 0 aromatic heterocycles. The summed E-state index contributed by atoms with van der Waals surface area (Å²) in [5, 5.41) is 2.22. The largest absolute Gasteiger partial charge is 0.348 e. The van der Waals surface area contributed by atoms with Gasteiger partial charge in [0.05, 0.1) is 13.6 Å². The first-order chi connectivity index (χ1) is 5.34. The minimum absolute atomic E-state index is 0.668. The number of hydrogen-bond acceptors (Lipinski definition) is 0. The van der Waals surface area contributed by atoms with Gasteiger partial charge in [-0.3, -0.25) is 0 Å². The van der Waals surface area contributed by atoms with Gasteiger partial charge in [-0.2, -0.15) is 0 Å². The molecular formula is C10H16N+. The molecule has 0 spiro atoms. The summed E-state index contributed by atoms with van der Waals surface area (Å²) in [5.41, 5.74) is 1.44. The summed E-state index contributed by atoms with van der Waals surface area (Å²) in [6.45, 7) is 3.43. The zero-order chi connectivity index (χ0) is 8.10. The van der Waals surface area contributed by atoms with Crippen LogP contribution in [-0.2, 0) is 0 Å². The smallest absolute Gasteiger partial charge is 0.0820 e. The lowest BCUT2D eigenvalue weighted by Crippen LogP contribution is -2.80. The average Bonchev–Trinajstić information content (AvgIpc) is 2.07. The van der Waals surface area contributed by atoms with Crippen LogP contribution in [0.5, 0.6) is 0 Å². The molecule has 0 saturated carbocycles. The summed E-state index contributed by atoms with van der Waals surface area (Å²) in [4.78, 5) is 0. The topological polar surface area (TPSA) is 16.6 Å². The molecule has 0 amide bonds. The van der Waals surface area contributed by atoms with Crippen molar-refractivity contribution in [2.75, 3.05) is 13.6 Å². The van der Waals surface area contributed by atoms with E-state index in [1.165, 1.54) is 12.1 Å². The molecule has 1 atom stereocenters. The first kappa shape index (κ1) is 8.28. The van der Waals surface area contributed by atoms with Crippen LogP contribution in [0, 0.1) is 0 Å². The molecule has 2 N–H and O–H groups in total. The quantitative estimate of drug-likeness (QED) is 0.661. The minimum Gasteiger partial charge on any atom is -0.348 e. The molecule has 0 radical (unpaired) electrons. The lowest BCUT2D eigenvalue weighted by atomic mass is 10.0. The third kappa shape index (κ3) is 2.35. The summed E-state index contributed by atoms with van der Waals surface area (Å²) in [7, 11) is 2.11. The van der Waals surface area contributed by atoms with E-state index in [0.717, 1.165) is 0 Å². The highest BCUT2D eigenvalue weighted by Crippen LogP contribution is 2.11. The predicted molar refractivity (Wildman–Crippen MR) is 47.6 cm³/mol. The van der Waals surface area contributed by atoms with Crippen LogP contribution >= 0.6 is 0 Å². The van der Waals surface area contributed by atoms with Crippen LogP contribution in [0.4, 0.5) is 0 Å². The molecule has 1 aromatic carbocycles. The van der Waals surface area contributed by atoms with Crippen LogP contribution in [0.25, 0.3) is 0 Å². The van der Waals surface area contributed by atoms with Crippen molar-refractivity contribution in [1.82, 2.24) is 0 Å². The molecule has 11 heavy (non-hydrogen) atoms. The van der Waals surface area contributed by atoms with Gasteiger partial charge in [-0.1, -0.05) is 37.3 Å². The Labute approximate surface area is 68.4 Å². The fraction of sp³-hybridized carbons (Fsp3) is 0.400. The van der Waals surface area contributed by atoms with Gasteiger partial charge < -0.3 is 5.32 Å². The van der Waals surface area contributed by atoms with Gasteiger partial charge in [0.1, 0.15) is 0 Å². The Hall–Kier alpha value is -0.820. The number of likely N-dealkylation sites (N-methyl/N-ethyl adjacent to an activating group) is 1. The Kier molecular flexibility index (Phi) is 3.12.